The number of aromatic nitrogens is 1. The zero-order valence-corrected chi connectivity index (χ0v) is 14.6. The predicted octanol–water partition coefficient (Wildman–Crippen LogP) is 3.73. The van der Waals surface area contributed by atoms with Crippen molar-refractivity contribution >= 4 is 34.4 Å². The number of carbonyl (C=O) groups is 2. The number of halogens is 1. The van der Waals surface area contributed by atoms with E-state index in [9.17, 15) is 14.7 Å². The van der Waals surface area contributed by atoms with Crippen LogP contribution in [0.25, 0.3) is 10.9 Å². The van der Waals surface area contributed by atoms with Crippen LogP contribution in [0.5, 0.6) is 0 Å². The van der Waals surface area contributed by atoms with Gasteiger partial charge in [0.05, 0.1) is 0 Å². The van der Waals surface area contributed by atoms with E-state index in [1.54, 1.807) is 18.2 Å². The van der Waals surface area contributed by atoms with Gasteiger partial charge in [-0.1, -0.05) is 35.9 Å². The van der Waals surface area contributed by atoms with Crippen LogP contribution in [-0.2, 0) is 11.2 Å². The third-order valence-electron chi connectivity index (χ3n) is 4.93. The number of aromatic amines is 1. The Labute approximate surface area is 155 Å². The van der Waals surface area contributed by atoms with E-state index in [1.165, 1.54) is 0 Å². The molecule has 0 fully saturated rings. The molecule has 3 N–H and O–H groups in total. The zero-order valence-electron chi connectivity index (χ0n) is 13.8. The Kier molecular flexibility index (Phi) is 4.17. The highest BCUT2D eigenvalue weighted by molar-refractivity contribution is 6.31. The van der Waals surface area contributed by atoms with Gasteiger partial charge in [0.25, 0.3) is 5.91 Å². The first-order valence-electron chi connectivity index (χ1n) is 8.42. The summed E-state index contributed by atoms with van der Waals surface area (Å²) in [5.41, 5.74) is 3.01. The van der Waals surface area contributed by atoms with Gasteiger partial charge < -0.3 is 15.4 Å². The summed E-state index contributed by atoms with van der Waals surface area (Å²) in [6.07, 6.45) is 1.33. The van der Waals surface area contributed by atoms with Crippen molar-refractivity contribution in [1.82, 2.24) is 10.3 Å². The maximum atomic E-state index is 12.7. The van der Waals surface area contributed by atoms with Crippen LogP contribution in [0, 0.1) is 0 Å². The van der Waals surface area contributed by atoms with Crippen LogP contribution in [0.1, 0.15) is 34.0 Å². The molecule has 1 aromatic heterocycles. The molecule has 26 heavy (non-hydrogen) atoms. The normalized spacial score (nSPS) is 19.1. The average Bonchev–Trinajstić information content (AvgIpc) is 3.04. The van der Waals surface area contributed by atoms with Gasteiger partial charge in [-0.2, -0.15) is 0 Å². The minimum atomic E-state index is -0.925. The van der Waals surface area contributed by atoms with Gasteiger partial charge in [0, 0.05) is 22.0 Å². The topological polar surface area (TPSA) is 82.2 Å². The quantitative estimate of drug-likeness (QED) is 0.658. The molecule has 0 bridgehead atoms. The molecule has 132 valence electrons. The van der Waals surface area contributed by atoms with Crippen LogP contribution >= 0.6 is 11.6 Å². The molecule has 0 aliphatic heterocycles. The van der Waals surface area contributed by atoms with E-state index in [1.807, 2.05) is 30.3 Å². The van der Waals surface area contributed by atoms with Crippen molar-refractivity contribution in [3.05, 3.63) is 70.4 Å². The van der Waals surface area contributed by atoms with E-state index in [-0.39, 0.29) is 5.91 Å². The lowest BCUT2D eigenvalue weighted by Crippen LogP contribution is -2.44. The number of H-pyrrole nitrogens is 1. The van der Waals surface area contributed by atoms with Crippen LogP contribution in [0.3, 0.4) is 0 Å². The van der Waals surface area contributed by atoms with Crippen molar-refractivity contribution in [2.75, 3.05) is 0 Å². The fourth-order valence-electron chi connectivity index (χ4n) is 3.69. The summed E-state index contributed by atoms with van der Waals surface area (Å²) in [5.74, 6) is -1.98. The first kappa shape index (κ1) is 16.7. The molecule has 1 heterocycles. The third-order valence-corrected chi connectivity index (χ3v) is 5.16. The second kappa shape index (κ2) is 6.50. The number of amides is 1. The monoisotopic (exact) mass is 368 g/mol. The molecular weight excluding hydrogens is 352 g/mol. The third kappa shape index (κ3) is 2.95. The van der Waals surface area contributed by atoms with Crippen molar-refractivity contribution in [2.24, 2.45) is 0 Å². The molecule has 0 unspecified atom stereocenters. The lowest BCUT2D eigenvalue weighted by atomic mass is 9.79. The standard InChI is InChI=1S/C20H17ClN2O3/c21-13-6-8-15-12(9-13)10-17(22-15)19(24)23-16-7-5-11-3-1-2-4-14(11)18(16)20(25)26/h1-4,6,8-10,16,18,22H,5,7H2,(H,23,24)(H,25,26)/t16-,18-/m0/s1. The molecule has 2 atom stereocenters. The number of fused-ring (bicyclic) bond motifs is 2. The van der Waals surface area contributed by atoms with E-state index in [4.69, 9.17) is 11.6 Å². The number of carboxylic acid groups (broad SMARTS) is 1. The number of carboxylic acids is 1. The SMILES string of the molecule is O=C(N[C@H]1CCc2ccccc2[C@@H]1C(=O)O)c1cc2cc(Cl)ccc2[nH]1. The highest BCUT2D eigenvalue weighted by atomic mass is 35.5. The van der Waals surface area contributed by atoms with E-state index >= 15 is 0 Å². The highest BCUT2D eigenvalue weighted by Gasteiger charge is 2.35. The molecule has 3 aromatic rings. The summed E-state index contributed by atoms with van der Waals surface area (Å²) in [7, 11) is 0. The molecule has 0 spiro atoms. The van der Waals surface area contributed by atoms with Crippen LogP contribution in [0.2, 0.25) is 5.02 Å². The fraction of sp³-hybridized carbons (Fsp3) is 0.200. The summed E-state index contributed by atoms with van der Waals surface area (Å²) >= 11 is 5.99. The minimum absolute atomic E-state index is 0.312. The molecule has 1 aliphatic carbocycles. The Bertz CT molecular complexity index is 1010. The van der Waals surface area contributed by atoms with Gasteiger partial charge in [-0.05, 0) is 48.2 Å². The van der Waals surface area contributed by atoms with Crippen molar-refractivity contribution in [2.45, 2.75) is 24.8 Å². The Balaban J connectivity index is 1.61. The van der Waals surface area contributed by atoms with Gasteiger partial charge in [0.15, 0.2) is 0 Å². The van der Waals surface area contributed by atoms with E-state index in [0.29, 0.717) is 17.1 Å². The number of aliphatic carboxylic acids is 1. The van der Waals surface area contributed by atoms with E-state index in [0.717, 1.165) is 28.5 Å². The van der Waals surface area contributed by atoms with Gasteiger partial charge in [-0.25, -0.2) is 0 Å². The molecule has 0 radical (unpaired) electrons. The van der Waals surface area contributed by atoms with Gasteiger partial charge in [0.2, 0.25) is 0 Å². The molecule has 0 saturated heterocycles. The molecule has 2 aromatic carbocycles. The molecular formula is C20H17ClN2O3. The summed E-state index contributed by atoms with van der Waals surface area (Å²) in [4.78, 5) is 27.6. The lowest BCUT2D eigenvalue weighted by Gasteiger charge is -2.31. The molecule has 6 heteroatoms. The van der Waals surface area contributed by atoms with Gasteiger partial charge >= 0.3 is 5.97 Å². The Hall–Kier alpha value is -2.79. The van der Waals surface area contributed by atoms with Crippen molar-refractivity contribution < 1.29 is 14.7 Å². The smallest absolute Gasteiger partial charge is 0.313 e. The lowest BCUT2D eigenvalue weighted by molar-refractivity contribution is -0.139. The molecule has 1 amide bonds. The van der Waals surface area contributed by atoms with Crippen molar-refractivity contribution in [3.63, 3.8) is 0 Å². The van der Waals surface area contributed by atoms with Crippen molar-refractivity contribution in [3.8, 4) is 0 Å². The van der Waals surface area contributed by atoms with Crippen LogP contribution in [0.15, 0.2) is 48.5 Å². The van der Waals surface area contributed by atoms with Crippen LogP contribution < -0.4 is 5.32 Å². The highest BCUT2D eigenvalue weighted by Crippen LogP contribution is 2.32. The number of benzene rings is 2. The zero-order chi connectivity index (χ0) is 18.3. The number of aryl methyl sites for hydroxylation is 1. The maximum absolute atomic E-state index is 12.7. The predicted molar refractivity (Wildman–Crippen MR) is 99.7 cm³/mol. The number of nitrogens with one attached hydrogen (secondary N) is 2. The van der Waals surface area contributed by atoms with Gasteiger partial charge in [-0.3, -0.25) is 9.59 Å². The number of rotatable bonds is 3. The Morgan fingerprint density at radius 2 is 1.96 bits per heavy atom. The van der Waals surface area contributed by atoms with E-state index < -0.39 is 17.9 Å². The van der Waals surface area contributed by atoms with Crippen LogP contribution in [-0.4, -0.2) is 28.0 Å². The first-order chi connectivity index (χ1) is 12.5. The van der Waals surface area contributed by atoms with Crippen molar-refractivity contribution in [1.29, 1.82) is 0 Å². The number of hydrogen-bond donors (Lipinski definition) is 3. The summed E-state index contributed by atoms with van der Waals surface area (Å²) in [5, 5.41) is 14.0. The Morgan fingerprint density at radius 3 is 2.77 bits per heavy atom. The molecule has 1 aliphatic rings. The Morgan fingerprint density at radius 1 is 1.15 bits per heavy atom. The first-order valence-corrected chi connectivity index (χ1v) is 8.80. The molecule has 5 nitrogen and oxygen atoms in total. The van der Waals surface area contributed by atoms with Gasteiger partial charge in [0.1, 0.15) is 11.6 Å². The molecule has 4 rings (SSSR count). The minimum Gasteiger partial charge on any atom is -0.481 e. The second-order valence-electron chi connectivity index (χ2n) is 6.55. The van der Waals surface area contributed by atoms with Gasteiger partial charge in [-0.15, -0.1) is 0 Å². The second-order valence-corrected chi connectivity index (χ2v) is 6.98. The fourth-order valence-corrected chi connectivity index (χ4v) is 3.87. The average molecular weight is 369 g/mol. The summed E-state index contributed by atoms with van der Waals surface area (Å²) in [6.45, 7) is 0. The summed E-state index contributed by atoms with van der Waals surface area (Å²) in [6, 6.07) is 14.1. The van der Waals surface area contributed by atoms with Crippen LogP contribution in [0.4, 0.5) is 0 Å². The number of hydrogen-bond acceptors (Lipinski definition) is 2. The largest absolute Gasteiger partial charge is 0.481 e. The maximum Gasteiger partial charge on any atom is 0.313 e. The summed E-state index contributed by atoms with van der Waals surface area (Å²) < 4.78 is 0. The van der Waals surface area contributed by atoms with E-state index in [2.05, 4.69) is 10.3 Å². The number of carbonyl (C=O) groups excluding carboxylic acids is 1. The molecule has 0 saturated carbocycles.